The van der Waals surface area contributed by atoms with Gasteiger partial charge in [0.15, 0.2) is 6.61 Å². The maximum Gasteiger partial charge on any atom is 0.306 e. The normalized spacial score (nSPS) is 16.4. The second kappa shape index (κ2) is 8.83. The predicted molar refractivity (Wildman–Crippen MR) is 108 cm³/mol. The van der Waals surface area contributed by atoms with Gasteiger partial charge in [-0.25, -0.2) is 4.98 Å². The van der Waals surface area contributed by atoms with Gasteiger partial charge in [0.25, 0.3) is 5.91 Å². The van der Waals surface area contributed by atoms with E-state index in [4.69, 9.17) is 9.72 Å². The molecule has 1 heterocycles. The number of carbonyl (C=O) groups is 2. The van der Waals surface area contributed by atoms with Crippen molar-refractivity contribution in [3.05, 3.63) is 29.3 Å². The zero-order valence-corrected chi connectivity index (χ0v) is 16.9. The molecule has 0 spiro atoms. The van der Waals surface area contributed by atoms with Gasteiger partial charge in [-0.05, 0) is 44.2 Å². The molecule has 2 aromatic rings. The van der Waals surface area contributed by atoms with Crippen LogP contribution in [-0.2, 0) is 20.7 Å². The SMILES string of the molecule is CC(C)NC(=O)COC(=O)CC1(Cc2nc3ccccc3s2)CCCCC1. The third kappa shape index (κ3) is 5.51. The number of rotatable bonds is 7. The Bertz CT molecular complexity index is 761. The average molecular weight is 389 g/mol. The molecule has 1 N–H and O–H groups in total. The number of hydrogen-bond donors (Lipinski definition) is 1. The maximum atomic E-state index is 12.4. The van der Waals surface area contributed by atoms with Gasteiger partial charge in [-0.2, -0.15) is 0 Å². The summed E-state index contributed by atoms with van der Waals surface area (Å²) in [4.78, 5) is 28.9. The van der Waals surface area contributed by atoms with Gasteiger partial charge in [0, 0.05) is 12.5 Å². The molecule has 1 amide bonds. The standard InChI is InChI=1S/C21H28N2O3S/c1-15(2)22-18(24)14-26-20(25)13-21(10-6-3-7-11-21)12-19-23-16-8-4-5-9-17(16)27-19/h4-5,8-9,15H,3,6-7,10-14H2,1-2H3,(H,22,24). The highest BCUT2D eigenvalue weighted by atomic mass is 32.1. The number of hydrogen-bond acceptors (Lipinski definition) is 5. The minimum absolute atomic E-state index is 0.0416. The lowest BCUT2D eigenvalue weighted by Gasteiger charge is -2.36. The summed E-state index contributed by atoms with van der Waals surface area (Å²) in [6.07, 6.45) is 6.66. The topological polar surface area (TPSA) is 68.3 Å². The summed E-state index contributed by atoms with van der Waals surface area (Å²) in [5.74, 6) is -0.529. The second-order valence-electron chi connectivity index (χ2n) is 7.87. The van der Waals surface area contributed by atoms with Crippen molar-refractivity contribution in [2.75, 3.05) is 6.61 Å². The van der Waals surface area contributed by atoms with Crippen LogP contribution in [0.2, 0.25) is 0 Å². The number of amides is 1. The number of nitrogens with zero attached hydrogens (tertiary/aromatic N) is 1. The third-order valence-corrected chi connectivity index (χ3v) is 6.15. The Morgan fingerprint density at radius 1 is 1.22 bits per heavy atom. The molecule has 0 radical (unpaired) electrons. The zero-order valence-electron chi connectivity index (χ0n) is 16.1. The van der Waals surface area contributed by atoms with Crippen LogP contribution in [0.1, 0.15) is 57.4 Å². The van der Waals surface area contributed by atoms with E-state index in [0.717, 1.165) is 42.6 Å². The van der Waals surface area contributed by atoms with E-state index in [0.29, 0.717) is 6.42 Å². The highest BCUT2D eigenvalue weighted by Gasteiger charge is 2.36. The van der Waals surface area contributed by atoms with Crippen LogP contribution in [-0.4, -0.2) is 29.5 Å². The quantitative estimate of drug-likeness (QED) is 0.720. The van der Waals surface area contributed by atoms with Gasteiger partial charge < -0.3 is 10.1 Å². The van der Waals surface area contributed by atoms with Gasteiger partial charge >= 0.3 is 5.97 Å². The Morgan fingerprint density at radius 2 is 1.96 bits per heavy atom. The molecule has 0 aliphatic heterocycles. The molecular formula is C21H28N2O3S. The largest absolute Gasteiger partial charge is 0.456 e. The molecule has 1 aliphatic carbocycles. The molecular weight excluding hydrogens is 360 g/mol. The summed E-state index contributed by atoms with van der Waals surface area (Å²) in [6, 6.07) is 8.19. The lowest BCUT2D eigenvalue weighted by Crippen LogP contribution is -2.35. The fourth-order valence-electron chi connectivity index (χ4n) is 3.90. The van der Waals surface area contributed by atoms with Gasteiger partial charge in [-0.15, -0.1) is 11.3 Å². The van der Waals surface area contributed by atoms with Crippen molar-refractivity contribution in [3.8, 4) is 0 Å². The van der Waals surface area contributed by atoms with E-state index in [1.807, 2.05) is 32.0 Å². The molecule has 1 aromatic carbocycles. The molecule has 146 valence electrons. The lowest BCUT2D eigenvalue weighted by atomic mass is 9.70. The molecule has 1 saturated carbocycles. The summed E-state index contributed by atoms with van der Waals surface area (Å²) in [7, 11) is 0. The van der Waals surface area contributed by atoms with Gasteiger partial charge in [0.2, 0.25) is 0 Å². The predicted octanol–water partition coefficient (Wildman–Crippen LogP) is 4.25. The number of fused-ring (bicyclic) bond motifs is 1. The molecule has 6 heteroatoms. The minimum atomic E-state index is -0.281. The van der Waals surface area contributed by atoms with E-state index in [2.05, 4.69) is 11.4 Å². The Morgan fingerprint density at radius 3 is 2.67 bits per heavy atom. The first-order valence-electron chi connectivity index (χ1n) is 9.75. The smallest absolute Gasteiger partial charge is 0.306 e. The third-order valence-electron chi connectivity index (χ3n) is 5.11. The molecule has 3 rings (SSSR count). The van der Waals surface area contributed by atoms with Gasteiger partial charge in [-0.3, -0.25) is 9.59 Å². The van der Waals surface area contributed by atoms with Crippen molar-refractivity contribution in [2.45, 2.75) is 64.8 Å². The van der Waals surface area contributed by atoms with Crippen LogP contribution in [0, 0.1) is 5.41 Å². The molecule has 5 nitrogen and oxygen atoms in total. The Hall–Kier alpha value is -1.95. The van der Waals surface area contributed by atoms with E-state index in [-0.39, 0.29) is 29.9 Å². The molecule has 0 atom stereocenters. The van der Waals surface area contributed by atoms with Crippen molar-refractivity contribution < 1.29 is 14.3 Å². The van der Waals surface area contributed by atoms with E-state index >= 15 is 0 Å². The second-order valence-corrected chi connectivity index (χ2v) is 8.99. The van der Waals surface area contributed by atoms with Crippen molar-refractivity contribution in [3.63, 3.8) is 0 Å². The van der Waals surface area contributed by atoms with Crippen molar-refractivity contribution in [1.82, 2.24) is 10.3 Å². The van der Waals surface area contributed by atoms with Crippen LogP contribution in [0.3, 0.4) is 0 Å². The summed E-state index contributed by atoms with van der Waals surface area (Å²) in [5.41, 5.74) is 0.925. The van der Waals surface area contributed by atoms with Gasteiger partial charge in [-0.1, -0.05) is 31.4 Å². The van der Waals surface area contributed by atoms with E-state index < -0.39 is 0 Å². The van der Waals surface area contributed by atoms with Crippen LogP contribution < -0.4 is 5.32 Å². The van der Waals surface area contributed by atoms with Crippen molar-refractivity contribution >= 4 is 33.4 Å². The van der Waals surface area contributed by atoms with Crippen LogP contribution >= 0.6 is 11.3 Å². The number of esters is 1. The number of nitrogens with one attached hydrogen (secondary N) is 1. The number of benzene rings is 1. The molecule has 1 aliphatic rings. The Balaban J connectivity index is 1.65. The Kier molecular flexibility index (Phi) is 6.47. The summed E-state index contributed by atoms with van der Waals surface area (Å²) < 4.78 is 6.45. The first kappa shape index (κ1) is 19.8. The molecule has 0 unspecified atom stereocenters. The van der Waals surface area contributed by atoms with Crippen molar-refractivity contribution in [2.24, 2.45) is 5.41 Å². The molecule has 0 saturated heterocycles. The zero-order chi connectivity index (χ0) is 19.3. The summed E-state index contributed by atoms with van der Waals surface area (Å²) in [5, 5.41) is 3.83. The van der Waals surface area contributed by atoms with E-state index in [1.54, 1.807) is 11.3 Å². The summed E-state index contributed by atoms with van der Waals surface area (Å²) in [6.45, 7) is 3.57. The molecule has 1 fully saturated rings. The number of aromatic nitrogens is 1. The van der Waals surface area contributed by atoms with Crippen LogP contribution in [0.15, 0.2) is 24.3 Å². The van der Waals surface area contributed by atoms with Crippen molar-refractivity contribution in [1.29, 1.82) is 0 Å². The highest BCUT2D eigenvalue weighted by molar-refractivity contribution is 7.18. The number of para-hydroxylation sites is 1. The van der Waals surface area contributed by atoms with Crippen LogP contribution in [0.25, 0.3) is 10.2 Å². The van der Waals surface area contributed by atoms with Gasteiger partial charge in [0.1, 0.15) is 0 Å². The fraction of sp³-hybridized carbons (Fsp3) is 0.571. The van der Waals surface area contributed by atoms with Crippen LogP contribution in [0.4, 0.5) is 0 Å². The highest BCUT2D eigenvalue weighted by Crippen LogP contribution is 2.43. The van der Waals surface area contributed by atoms with E-state index in [9.17, 15) is 9.59 Å². The van der Waals surface area contributed by atoms with Crippen LogP contribution in [0.5, 0.6) is 0 Å². The first-order valence-corrected chi connectivity index (χ1v) is 10.6. The fourth-order valence-corrected chi connectivity index (χ4v) is 5.04. The molecule has 0 bridgehead atoms. The lowest BCUT2D eigenvalue weighted by molar-refractivity contribution is -0.151. The number of ether oxygens (including phenoxy) is 1. The monoisotopic (exact) mass is 388 g/mol. The number of carbonyl (C=O) groups excluding carboxylic acids is 2. The number of thiazole rings is 1. The minimum Gasteiger partial charge on any atom is -0.456 e. The van der Waals surface area contributed by atoms with E-state index in [1.165, 1.54) is 11.1 Å². The maximum absolute atomic E-state index is 12.4. The summed E-state index contributed by atoms with van der Waals surface area (Å²) >= 11 is 1.71. The molecule has 1 aromatic heterocycles. The first-order chi connectivity index (χ1) is 13.0. The molecule has 27 heavy (non-hydrogen) atoms. The van der Waals surface area contributed by atoms with Gasteiger partial charge in [0.05, 0.1) is 21.6 Å². The average Bonchev–Trinajstić information content (AvgIpc) is 3.02. The Labute approximate surface area is 164 Å².